The van der Waals surface area contributed by atoms with Crippen molar-refractivity contribution in [2.45, 2.75) is 6.92 Å². The van der Waals surface area contributed by atoms with Crippen LogP contribution in [0, 0.1) is 5.41 Å². The second-order valence-corrected chi connectivity index (χ2v) is 4.02. The normalized spacial score (nSPS) is 20.5. The molecule has 0 saturated carbocycles. The Balaban J connectivity index is 2.35. The molecular formula is C9H19NO3. The fraction of sp³-hybridized carbons (Fsp3) is 1.00. The Bertz CT molecular complexity index is 142. The second kappa shape index (κ2) is 4.91. The largest absolute Gasteiger partial charge is 0.396 e. The van der Waals surface area contributed by atoms with E-state index in [0.717, 1.165) is 32.8 Å². The van der Waals surface area contributed by atoms with Gasteiger partial charge in [0.05, 0.1) is 26.4 Å². The first-order valence-electron chi connectivity index (χ1n) is 4.72. The molecule has 0 atom stereocenters. The van der Waals surface area contributed by atoms with Gasteiger partial charge in [-0.2, -0.15) is 0 Å². The highest BCUT2D eigenvalue weighted by molar-refractivity contribution is 4.78. The average Bonchev–Trinajstić information content (AvgIpc) is 2.19. The fourth-order valence-corrected chi connectivity index (χ4v) is 1.45. The van der Waals surface area contributed by atoms with E-state index in [9.17, 15) is 0 Å². The van der Waals surface area contributed by atoms with Gasteiger partial charge in [0.2, 0.25) is 0 Å². The topological polar surface area (TPSA) is 52.9 Å². The van der Waals surface area contributed by atoms with Crippen molar-refractivity contribution in [2.75, 3.05) is 46.1 Å². The molecule has 1 fully saturated rings. The lowest BCUT2D eigenvalue weighted by molar-refractivity contribution is -0.0115. The molecule has 0 amide bonds. The molecule has 1 rings (SSSR count). The van der Waals surface area contributed by atoms with E-state index >= 15 is 0 Å². The Morgan fingerprint density at radius 1 is 1.23 bits per heavy atom. The van der Waals surface area contributed by atoms with Crippen LogP contribution in [-0.2, 0) is 4.74 Å². The third-order valence-electron chi connectivity index (χ3n) is 2.47. The van der Waals surface area contributed by atoms with Crippen LogP contribution in [0.3, 0.4) is 0 Å². The van der Waals surface area contributed by atoms with Crippen LogP contribution in [0.2, 0.25) is 0 Å². The molecule has 0 aliphatic carbocycles. The number of rotatable bonds is 4. The van der Waals surface area contributed by atoms with Gasteiger partial charge in [0.25, 0.3) is 0 Å². The van der Waals surface area contributed by atoms with Gasteiger partial charge < -0.3 is 14.9 Å². The van der Waals surface area contributed by atoms with Gasteiger partial charge in [-0.3, -0.25) is 4.90 Å². The third kappa shape index (κ3) is 3.23. The first-order valence-corrected chi connectivity index (χ1v) is 4.72. The Morgan fingerprint density at radius 3 is 2.23 bits per heavy atom. The molecule has 0 aromatic carbocycles. The molecule has 0 unspecified atom stereocenters. The second-order valence-electron chi connectivity index (χ2n) is 4.02. The Hall–Kier alpha value is -0.160. The van der Waals surface area contributed by atoms with Crippen molar-refractivity contribution in [2.24, 2.45) is 5.41 Å². The van der Waals surface area contributed by atoms with Crippen LogP contribution in [0.1, 0.15) is 6.92 Å². The number of aliphatic hydroxyl groups excluding tert-OH is 2. The van der Waals surface area contributed by atoms with Crippen molar-refractivity contribution in [3.63, 3.8) is 0 Å². The van der Waals surface area contributed by atoms with E-state index in [-0.39, 0.29) is 18.6 Å². The lowest BCUT2D eigenvalue weighted by atomic mass is 9.92. The van der Waals surface area contributed by atoms with Crippen LogP contribution in [0.5, 0.6) is 0 Å². The third-order valence-corrected chi connectivity index (χ3v) is 2.47. The molecule has 1 aliphatic heterocycles. The number of ether oxygens (including phenoxy) is 1. The summed E-state index contributed by atoms with van der Waals surface area (Å²) in [4.78, 5) is 2.22. The van der Waals surface area contributed by atoms with Crippen molar-refractivity contribution in [1.82, 2.24) is 4.90 Å². The minimum Gasteiger partial charge on any atom is -0.396 e. The Morgan fingerprint density at radius 2 is 1.77 bits per heavy atom. The minimum atomic E-state index is -0.378. The molecule has 0 spiro atoms. The predicted molar refractivity (Wildman–Crippen MR) is 49.5 cm³/mol. The monoisotopic (exact) mass is 189 g/mol. The summed E-state index contributed by atoms with van der Waals surface area (Å²) in [5, 5.41) is 18.2. The van der Waals surface area contributed by atoms with Crippen LogP contribution in [0.4, 0.5) is 0 Å². The molecule has 1 heterocycles. The first kappa shape index (κ1) is 10.9. The van der Waals surface area contributed by atoms with Gasteiger partial charge in [-0.25, -0.2) is 0 Å². The van der Waals surface area contributed by atoms with Gasteiger partial charge in [0.15, 0.2) is 0 Å². The SMILES string of the molecule is CC(CO)(CO)CN1CCOCC1. The zero-order valence-corrected chi connectivity index (χ0v) is 8.20. The number of hydrogen-bond donors (Lipinski definition) is 2. The van der Waals surface area contributed by atoms with Gasteiger partial charge in [-0.15, -0.1) is 0 Å². The highest BCUT2D eigenvalue weighted by atomic mass is 16.5. The number of hydrogen-bond acceptors (Lipinski definition) is 4. The minimum absolute atomic E-state index is 0.0286. The summed E-state index contributed by atoms with van der Waals surface area (Å²) in [7, 11) is 0. The number of nitrogens with zero attached hydrogens (tertiary/aromatic N) is 1. The molecule has 0 bridgehead atoms. The van der Waals surface area contributed by atoms with Crippen molar-refractivity contribution in [3.8, 4) is 0 Å². The molecular weight excluding hydrogens is 170 g/mol. The molecule has 4 heteroatoms. The van der Waals surface area contributed by atoms with E-state index in [1.807, 2.05) is 6.92 Å². The van der Waals surface area contributed by atoms with Crippen molar-refractivity contribution < 1.29 is 14.9 Å². The molecule has 0 aromatic heterocycles. The van der Waals surface area contributed by atoms with E-state index in [0.29, 0.717) is 0 Å². The van der Waals surface area contributed by atoms with Crippen LogP contribution >= 0.6 is 0 Å². The van der Waals surface area contributed by atoms with Crippen LogP contribution in [-0.4, -0.2) is 61.2 Å². The summed E-state index contributed by atoms with van der Waals surface area (Å²) < 4.78 is 5.21. The quantitative estimate of drug-likeness (QED) is 0.614. The van der Waals surface area contributed by atoms with Gasteiger partial charge in [-0.1, -0.05) is 6.92 Å². The summed E-state index contributed by atoms with van der Waals surface area (Å²) in [6.45, 7) is 6.00. The van der Waals surface area contributed by atoms with Crippen LogP contribution < -0.4 is 0 Å². The highest BCUT2D eigenvalue weighted by Crippen LogP contribution is 2.16. The summed E-state index contributed by atoms with van der Waals surface area (Å²) in [5.74, 6) is 0. The highest BCUT2D eigenvalue weighted by Gasteiger charge is 2.26. The maximum atomic E-state index is 9.10. The number of aliphatic hydroxyl groups is 2. The molecule has 0 aromatic rings. The average molecular weight is 189 g/mol. The molecule has 2 N–H and O–H groups in total. The molecule has 13 heavy (non-hydrogen) atoms. The maximum absolute atomic E-state index is 9.10. The van der Waals surface area contributed by atoms with Gasteiger partial charge >= 0.3 is 0 Å². The summed E-state index contributed by atoms with van der Waals surface area (Å²) in [5.41, 5.74) is -0.378. The molecule has 0 radical (unpaired) electrons. The van der Waals surface area contributed by atoms with Crippen LogP contribution in [0.25, 0.3) is 0 Å². The first-order chi connectivity index (χ1) is 6.20. The van der Waals surface area contributed by atoms with E-state index in [2.05, 4.69) is 4.90 Å². The fourth-order valence-electron chi connectivity index (χ4n) is 1.45. The molecule has 1 saturated heterocycles. The van der Waals surface area contributed by atoms with Crippen molar-refractivity contribution >= 4 is 0 Å². The Kier molecular flexibility index (Phi) is 4.12. The number of morpholine rings is 1. The zero-order chi connectivity index (χ0) is 9.73. The van der Waals surface area contributed by atoms with Gasteiger partial charge in [0.1, 0.15) is 0 Å². The summed E-state index contributed by atoms with van der Waals surface area (Å²) in [6, 6.07) is 0. The summed E-state index contributed by atoms with van der Waals surface area (Å²) >= 11 is 0. The standard InChI is InChI=1S/C9H19NO3/c1-9(7-11,8-12)6-10-2-4-13-5-3-10/h11-12H,2-8H2,1H3. The van der Waals surface area contributed by atoms with Gasteiger partial charge in [0, 0.05) is 25.0 Å². The van der Waals surface area contributed by atoms with Crippen LogP contribution in [0.15, 0.2) is 0 Å². The van der Waals surface area contributed by atoms with Gasteiger partial charge in [-0.05, 0) is 0 Å². The van der Waals surface area contributed by atoms with E-state index in [1.165, 1.54) is 0 Å². The molecule has 4 nitrogen and oxygen atoms in total. The van der Waals surface area contributed by atoms with Crippen molar-refractivity contribution in [1.29, 1.82) is 0 Å². The lowest BCUT2D eigenvalue weighted by Gasteiger charge is -2.34. The van der Waals surface area contributed by atoms with E-state index in [1.54, 1.807) is 0 Å². The zero-order valence-electron chi connectivity index (χ0n) is 8.20. The predicted octanol–water partition coefficient (Wildman–Crippen LogP) is -0.690. The molecule has 78 valence electrons. The molecule has 1 aliphatic rings. The smallest absolute Gasteiger partial charge is 0.0594 e. The van der Waals surface area contributed by atoms with E-state index in [4.69, 9.17) is 14.9 Å². The maximum Gasteiger partial charge on any atom is 0.0594 e. The van der Waals surface area contributed by atoms with E-state index < -0.39 is 0 Å². The lowest BCUT2D eigenvalue weighted by Crippen LogP contribution is -2.45. The van der Waals surface area contributed by atoms with Crippen molar-refractivity contribution in [3.05, 3.63) is 0 Å². The summed E-state index contributed by atoms with van der Waals surface area (Å²) in [6.07, 6.45) is 0. The Labute approximate surface area is 79.1 Å².